The molecule has 2 nitrogen and oxygen atoms in total. The minimum atomic E-state index is -2.77. The Kier molecular flexibility index (Phi) is 15.4. The number of nitrogens with zero attached hydrogens (tertiary/aromatic N) is 2. The summed E-state index contributed by atoms with van der Waals surface area (Å²) in [5.74, 6) is 0. The second kappa shape index (κ2) is 24.9. The van der Waals surface area contributed by atoms with Crippen molar-refractivity contribution < 1.29 is 0 Å². The predicted molar refractivity (Wildman–Crippen MR) is 409 cm³/mol. The first kappa shape index (κ1) is 58.7. The van der Waals surface area contributed by atoms with Gasteiger partial charge in [-0.25, -0.2) is 0 Å². The molecule has 0 atom stereocenters. The van der Waals surface area contributed by atoms with Crippen LogP contribution in [0.4, 0.5) is 34.1 Å². The van der Waals surface area contributed by atoms with Crippen molar-refractivity contribution >= 4 is 103 Å². The van der Waals surface area contributed by atoms with Crippen LogP contribution in [-0.2, 0) is 5.41 Å². The van der Waals surface area contributed by atoms with Crippen LogP contribution in [-0.4, -0.2) is 16.1 Å². The van der Waals surface area contributed by atoms with Gasteiger partial charge in [-0.2, -0.15) is 0 Å². The van der Waals surface area contributed by atoms with Crippen molar-refractivity contribution in [3.05, 3.63) is 399 Å². The Bertz CT molecular complexity index is 4940. The molecule has 0 aromatic heterocycles. The summed E-state index contributed by atoms with van der Waals surface area (Å²) in [6, 6.07) is 145. The quantitative estimate of drug-likeness (QED) is 0.0703. The first-order chi connectivity index (χ1) is 46.9. The molecule has 0 N–H and O–H groups in total. The summed E-state index contributed by atoms with van der Waals surface area (Å²) >= 11 is 0. The third-order valence-corrected chi connectivity index (χ3v) is 29.5. The molecule has 0 bridgehead atoms. The molecule has 15 aromatic rings. The maximum atomic E-state index is 2.47. The number of rotatable bonds is 16. The molecule has 0 spiro atoms. The van der Waals surface area contributed by atoms with Crippen LogP contribution in [0.2, 0.25) is 0 Å². The van der Waals surface area contributed by atoms with Crippen LogP contribution < -0.4 is 51.3 Å². The van der Waals surface area contributed by atoms with Crippen molar-refractivity contribution in [2.24, 2.45) is 0 Å². The van der Waals surface area contributed by atoms with Crippen LogP contribution in [0.15, 0.2) is 388 Å². The summed E-state index contributed by atoms with van der Waals surface area (Å²) < 4.78 is 0. The van der Waals surface area contributed by atoms with Gasteiger partial charge in [-0.3, -0.25) is 0 Å². The molecule has 0 radical (unpaired) electrons. The van der Waals surface area contributed by atoms with Crippen molar-refractivity contribution in [2.75, 3.05) is 9.80 Å². The van der Waals surface area contributed by atoms with E-state index in [1.807, 2.05) is 0 Å². The van der Waals surface area contributed by atoms with E-state index in [1.165, 1.54) is 96.8 Å². The SMILES string of the molecule is CC1(C)c2cc(N(c3ccc(-c4ccccc4)cc3)c3ccc([Si](c4ccccc4)(c4ccccc4)c4ccccc4)cc3)ccc2-c2ccc3cc(N(c4ccc(-c5ccccc5)cc4)c4ccc([Si](c5ccccc5)(c5ccccc5)c5ccccc5)cc4)ccc3c21. The van der Waals surface area contributed by atoms with E-state index in [0.717, 1.165) is 34.1 Å². The third kappa shape index (κ3) is 10.4. The van der Waals surface area contributed by atoms with Crippen LogP contribution in [0, 0.1) is 0 Å². The average molecular weight is 1250 g/mol. The lowest BCUT2D eigenvalue weighted by molar-refractivity contribution is 0.666. The van der Waals surface area contributed by atoms with Gasteiger partial charge in [0.05, 0.1) is 0 Å². The Labute approximate surface area is 560 Å². The number of hydrogen-bond donors (Lipinski definition) is 0. The smallest absolute Gasteiger partial charge is 0.179 e. The summed E-state index contributed by atoms with van der Waals surface area (Å²) in [6.45, 7) is 4.85. The van der Waals surface area contributed by atoms with E-state index >= 15 is 0 Å². The second-order valence-corrected chi connectivity index (χ2v) is 33.2. The van der Waals surface area contributed by atoms with Crippen molar-refractivity contribution in [3.8, 4) is 33.4 Å². The van der Waals surface area contributed by atoms with E-state index in [2.05, 4.69) is 412 Å². The lowest BCUT2D eigenvalue weighted by atomic mass is 9.80. The Balaban J connectivity index is 0.798. The van der Waals surface area contributed by atoms with Gasteiger partial charge in [-0.05, 0) is 170 Å². The van der Waals surface area contributed by atoms with E-state index in [1.54, 1.807) is 0 Å². The lowest BCUT2D eigenvalue weighted by Gasteiger charge is -2.35. The molecule has 15 aromatic carbocycles. The monoisotopic (exact) mass is 1250 g/mol. The highest BCUT2D eigenvalue weighted by Crippen LogP contribution is 2.54. The highest BCUT2D eigenvalue weighted by molar-refractivity contribution is 7.20. The number of fused-ring (bicyclic) bond motifs is 5. The molecule has 0 amide bonds. The Hall–Kier alpha value is -11.4. The maximum absolute atomic E-state index is 2.77. The van der Waals surface area contributed by atoms with Gasteiger partial charge in [0.25, 0.3) is 0 Å². The summed E-state index contributed by atoms with van der Waals surface area (Å²) in [4.78, 5) is 4.90. The molecule has 0 aliphatic heterocycles. The highest BCUT2D eigenvalue weighted by atomic mass is 28.3. The normalized spacial score (nSPS) is 12.4. The molecular weight excluding hydrogens is 1180 g/mol. The van der Waals surface area contributed by atoms with Gasteiger partial charge in [0.15, 0.2) is 16.1 Å². The molecule has 16 rings (SSSR count). The van der Waals surface area contributed by atoms with Gasteiger partial charge in [-0.1, -0.05) is 329 Å². The lowest BCUT2D eigenvalue weighted by Crippen LogP contribution is -2.74. The standard InChI is InChI=1S/C91H70N2Si2/c1-91(2)89-66-77(93(73-50-45-70(46-51-73)68-29-13-4-14-30-68)75-54-60-85(61-55-75)95(81-37-21-8-22-38-81,82-39-23-9-24-40-82)83-41-25-10-26-42-83)57-64-87(89)88-62-47-71-65-76(56-63-86(71)90(88)91)92(72-48-43-69(44-49-72)67-27-11-3-12-28-67)74-52-58-84(59-53-74)94(78-31-15-5-16-32-78,79-33-17-6-18-34-79)80-35-19-7-20-36-80/h3-66H,1-2H3. The number of hydrogen-bond acceptors (Lipinski definition) is 2. The minimum Gasteiger partial charge on any atom is -0.310 e. The summed E-state index contributed by atoms with van der Waals surface area (Å²) in [7, 11) is -5.54. The predicted octanol–water partition coefficient (Wildman–Crippen LogP) is 18.2. The zero-order valence-electron chi connectivity index (χ0n) is 53.3. The fourth-order valence-electron chi connectivity index (χ4n) is 15.5. The highest BCUT2D eigenvalue weighted by Gasteiger charge is 2.43. The van der Waals surface area contributed by atoms with E-state index in [9.17, 15) is 0 Å². The van der Waals surface area contributed by atoms with Crippen molar-refractivity contribution in [1.82, 2.24) is 0 Å². The van der Waals surface area contributed by atoms with E-state index in [0.29, 0.717) is 0 Å². The third-order valence-electron chi connectivity index (χ3n) is 19.9. The largest absolute Gasteiger partial charge is 0.310 e. The van der Waals surface area contributed by atoms with Gasteiger partial charge in [0.2, 0.25) is 0 Å². The summed E-state index contributed by atoms with van der Waals surface area (Å²) in [5, 5.41) is 13.3. The van der Waals surface area contributed by atoms with Crippen LogP contribution in [0.25, 0.3) is 44.2 Å². The Morgan fingerprint density at radius 3 is 0.832 bits per heavy atom. The molecule has 452 valence electrons. The first-order valence-electron chi connectivity index (χ1n) is 33.0. The zero-order valence-corrected chi connectivity index (χ0v) is 55.3. The molecule has 0 unspecified atom stereocenters. The molecular formula is C91H70N2Si2. The zero-order chi connectivity index (χ0) is 63.8. The number of anilines is 6. The fourth-order valence-corrected chi connectivity index (χ4v) is 25.0. The van der Waals surface area contributed by atoms with Crippen LogP contribution in [0.1, 0.15) is 25.0 Å². The van der Waals surface area contributed by atoms with Gasteiger partial charge in [0.1, 0.15) is 0 Å². The van der Waals surface area contributed by atoms with Crippen LogP contribution in [0.3, 0.4) is 0 Å². The van der Waals surface area contributed by atoms with E-state index < -0.39 is 16.1 Å². The van der Waals surface area contributed by atoms with Crippen LogP contribution >= 0.6 is 0 Å². The number of benzene rings is 15. The van der Waals surface area contributed by atoms with Crippen molar-refractivity contribution in [2.45, 2.75) is 19.3 Å². The van der Waals surface area contributed by atoms with E-state index in [4.69, 9.17) is 0 Å². The van der Waals surface area contributed by atoms with Crippen molar-refractivity contribution in [3.63, 3.8) is 0 Å². The summed E-state index contributed by atoms with van der Waals surface area (Å²) in [5.41, 5.74) is 16.3. The van der Waals surface area contributed by atoms with Gasteiger partial charge >= 0.3 is 0 Å². The van der Waals surface area contributed by atoms with Crippen LogP contribution in [0.5, 0.6) is 0 Å². The fraction of sp³-hybridized carbons (Fsp3) is 0.0330. The molecule has 1 aliphatic rings. The second-order valence-electron chi connectivity index (χ2n) is 25.5. The van der Waals surface area contributed by atoms with Gasteiger partial charge in [0, 0.05) is 39.5 Å². The Morgan fingerprint density at radius 2 is 0.484 bits per heavy atom. The molecule has 95 heavy (non-hydrogen) atoms. The summed E-state index contributed by atoms with van der Waals surface area (Å²) in [6.07, 6.45) is 0. The molecule has 0 heterocycles. The molecule has 0 saturated heterocycles. The maximum Gasteiger partial charge on any atom is 0.179 e. The molecule has 1 aliphatic carbocycles. The average Bonchev–Trinajstić information content (AvgIpc) is 1.65. The van der Waals surface area contributed by atoms with Gasteiger partial charge < -0.3 is 9.80 Å². The van der Waals surface area contributed by atoms with E-state index in [-0.39, 0.29) is 5.41 Å². The molecule has 0 fully saturated rings. The first-order valence-corrected chi connectivity index (χ1v) is 37.0. The minimum absolute atomic E-state index is 0.337. The topological polar surface area (TPSA) is 6.48 Å². The molecule has 0 saturated carbocycles. The van der Waals surface area contributed by atoms with Gasteiger partial charge in [-0.15, -0.1) is 0 Å². The van der Waals surface area contributed by atoms with Crippen molar-refractivity contribution in [1.29, 1.82) is 0 Å². The molecule has 4 heteroatoms. The Morgan fingerprint density at radius 1 is 0.221 bits per heavy atom.